The van der Waals surface area contributed by atoms with Crippen molar-refractivity contribution in [3.8, 4) is 5.75 Å². The zero-order valence-corrected chi connectivity index (χ0v) is 12.8. The Balaban J connectivity index is 1.73. The van der Waals surface area contributed by atoms with E-state index in [-0.39, 0.29) is 0 Å². The first kappa shape index (κ1) is 15.0. The van der Waals surface area contributed by atoms with Crippen LogP contribution in [0.1, 0.15) is 11.1 Å². The number of hydrogen-bond acceptors (Lipinski definition) is 3. The normalized spacial score (nSPS) is 10.5. The van der Waals surface area contributed by atoms with Crippen LogP contribution in [0.25, 0.3) is 0 Å². The van der Waals surface area contributed by atoms with Crippen molar-refractivity contribution in [2.75, 3.05) is 13.2 Å². The summed E-state index contributed by atoms with van der Waals surface area (Å²) in [5.74, 6) is 0.833. The minimum atomic E-state index is 0.480. The molecule has 0 amide bonds. The third-order valence-corrected chi connectivity index (χ3v) is 3.67. The monoisotopic (exact) mass is 335 g/mol. The maximum absolute atomic E-state index is 5.68. The Kier molecular flexibility index (Phi) is 6.05. The molecule has 0 saturated carbocycles. The molecule has 20 heavy (non-hydrogen) atoms. The molecular weight excluding hydrogens is 318 g/mol. The molecule has 4 heteroatoms. The van der Waals surface area contributed by atoms with Crippen molar-refractivity contribution in [2.24, 2.45) is 5.73 Å². The van der Waals surface area contributed by atoms with E-state index in [0.29, 0.717) is 26.4 Å². The van der Waals surface area contributed by atoms with E-state index in [4.69, 9.17) is 15.2 Å². The first-order chi connectivity index (χ1) is 9.81. The molecule has 0 bridgehead atoms. The Morgan fingerprint density at radius 2 is 1.60 bits per heavy atom. The van der Waals surface area contributed by atoms with Crippen LogP contribution in [-0.2, 0) is 17.9 Å². The standard InChI is InChI=1S/C16H18BrNO2/c17-15-7-3-1-6-14(15)12-19-9-10-20-16-8-4-2-5-13(16)11-18/h1-8H,9-12,18H2. The van der Waals surface area contributed by atoms with Gasteiger partial charge >= 0.3 is 0 Å². The van der Waals surface area contributed by atoms with Gasteiger partial charge in [0.25, 0.3) is 0 Å². The largest absolute Gasteiger partial charge is 0.491 e. The zero-order valence-electron chi connectivity index (χ0n) is 11.2. The summed E-state index contributed by atoms with van der Waals surface area (Å²) in [5.41, 5.74) is 7.80. The molecule has 0 heterocycles. The van der Waals surface area contributed by atoms with Gasteiger partial charge in [0.1, 0.15) is 12.4 Å². The predicted octanol–water partition coefficient (Wildman–Crippen LogP) is 3.50. The Bertz CT molecular complexity index is 546. The van der Waals surface area contributed by atoms with Crippen LogP contribution in [0.3, 0.4) is 0 Å². The molecule has 2 aromatic carbocycles. The lowest BCUT2D eigenvalue weighted by molar-refractivity contribution is 0.0883. The second kappa shape index (κ2) is 8.04. The fraction of sp³-hybridized carbons (Fsp3) is 0.250. The number of rotatable bonds is 7. The fourth-order valence-electron chi connectivity index (χ4n) is 1.82. The molecular formula is C16H18BrNO2. The summed E-state index contributed by atoms with van der Waals surface area (Å²) in [4.78, 5) is 0. The Morgan fingerprint density at radius 3 is 2.35 bits per heavy atom. The average molecular weight is 336 g/mol. The van der Waals surface area contributed by atoms with E-state index in [2.05, 4.69) is 15.9 Å². The van der Waals surface area contributed by atoms with E-state index >= 15 is 0 Å². The zero-order chi connectivity index (χ0) is 14.2. The van der Waals surface area contributed by atoms with E-state index in [1.54, 1.807) is 0 Å². The highest BCUT2D eigenvalue weighted by molar-refractivity contribution is 9.10. The van der Waals surface area contributed by atoms with E-state index in [1.807, 2.05) is 48.5 Å². The van der Waals surface area contributed by atoms with Gasteiger partial charge in [-0.3, -0.25) is 0 Å². The van der Waals surface area contributed by atoms with Crippen LogP contribution in [0.15, 0.2) is 53.0 Å². The summed E-state index contributed by atoms with van der Waals surface area (Å²) in [6, 6.07) is 15.8. The van der Waals surface area contributed by atoms with E-state index in [0.717, 1.165) is 21.3 Å². The van der Waals surface area contributed by atoms with Crippen LogP contribution in [0.4, 0.5) is 0 Å². The number of nitrogens with two attached hydrogens (primary N) is 1. The Morgan fingerprint density at radius 1 is 0.900 bits per heavy atom. The lowest BCUT2D eigenvalue weighted by Gasteiger charge is -2.11. The maximum Gasteiger partial charge on any atom is 0.123 e. The van der Waals surface area contributed by atoms with Crippen molar-refractivity contribution in [1.82, 2.24) is 0 Å². The van der Waals surface area contributed by atoms with Gasteiger partial charge in [-0.1, -0.05) is 52.3 Å². The lowest BCUT2D eigenvalue weighted by atomic mass is 10.2. The molecule has 0 unspecified atom stereocenters. The summed E-state index contributed by atoms with van der Waals surface area (Å²) >= 11 is 3.50. The third kappa shape index (κ3) is 4.34. The van der Waals surface area contributed by atoms with E-state index in [9.17, 15) is 0 Å². The highest BCUT2D eigenvalue weighted by Crippen LogP contribution is 2.18. The molecule has 0 aliphatic heterocycles. The van der Waals surface area contributed by atoms with Crippen molar-refractivity contribution in [2.45, 2.75) is 13.2 Å². The average Bonchev–Trinajstić information content (AvgIpc) is 2.49. The Hall–Kier alpha value is -1.36. The van der Waals surface area contributed by atoms with Gasteiger partial charge in [-0.15, -0.1) is 0 Å². The SMILES string of the molecule is NCc1ccccc1OCCOCc1ccccc1Br. The van der Waals surface area contributed by atoms with Crippen LogP contribution in [0, 0.1) is 0 Å². The smallest absolute Gasteiger partial charge is 0.123 e. The van der Waals surface area contributed by atoms with Gasteiger partial charge < -0.3 is 15.2 Å². The van der Waals surface area contributed by atoms with E-state index < -0.39 is 0 Å². The second-order valence-corrected chi connectivity index (χ2v) is 5.16. The molecule has 0 fully saturated rings. The third-order valence-electron chi connectivity index (χ3n) is 2.89. The minimum Gasteiger partial charge on any atom is -0.491 e. The first-order valence-corrected chi connectivity index (χ1v) is 7.32. The molecule has 106 valence electrons. The lowest BCUT2D eigenvalue weighted by Crippen LogP contribution is -2.09. The molecule has 3 nitrogen and oxygen atoms in total. The molecule has 0 aliphatic rings. The quantitative estimate of drug-likeness (QED) is 0.787. The van der Waals surface area contributed by atoms with Gasteiger partial charge in [0.2, 0.25) is 0 Å². The highest BCUT2D eigenvalue weighted by atomic mass is 79.9. The number of para-hydroxylation sites is 1. The van der Waals surface area contributed by atoms with Crippen LogP contribution in [-0.4, -0.2) is 13.2 Å². The fourth-order valence-corrected chi connectivity index (χ4v) is 2.22. The molecule has 2 N–H and O–H groups in total. The topological polar surface area (TPSA) is 44.5 Å². The second-order valence-electron chi connectivity index (χ2n) is 4.30. The number of ether oxygens (including phenoxy) is 2. The van der Waals surface area contributed by atoms with Gasteiger partial charge in [-0.05, 0) is 17.7 Å². The summed E-state index contributed by atoms with van der Waals surface area (Å²) in [7, 11) is 0. The summed E-state index contributed by atoms with van der Waals surface area (Å²) in [6.45, 7) is 2.11. The summed E-state index contributed by atoms with van der Waals surface area (Å²) < 4.78 is 12.4. The van der Waals surface area contributed by atoms with Gasteiger partial charge in [0.05, 0.1) is 13.2 Å². The number of benzene rings is 2. The molecule has 0 aromatic heterocycles. The molecule has 0 spiro atoms. The maximum atomic E-state index is 5.68. The van der Waals surface area contributed by atoms with Gasteiger partial charge in [-0.2, -0.15) is 0 Å². The van der Waals surface area contributed by atoms with Crippen molar-refractivity contribution in [1.29, 1.82) is 0 Å². The highest BCUT2D eigenvalue weighted by Gasteiger charge is 2.01. The van der Waals surface area contributed by atoms with E-state index in [1.165, 1.54) is 0 Å². The van der Waals surface area contributed by atoms with Crippen LogP contribution >= 0.6 is 15.9 Å². The predicted molar refractivity (Wildman–Crippen MR) is 83.6 cm³/mol. The molecule has 0 radical (unpaired) electrons. The first-order valence-electron chi connectivity index (χ1n) is 6.53. The summed E-state index contributed by atoms with van der Waals surface area (Å²) in [5, 5.41) is 0. The molecule has 0 atom stereocenters. The summed E-state index contributed by atoms with van der Waals surface area (Å²) in [6.07, 6.45) is 0. The van der Waals surface area contributed by atoms with Gasteiger partial charge in [0.15, 0.2) is 0 Å². The molecule has 2 aromatic rings. The van der Waals surface area contributed by atoms with Gasteiger partial charge in [-0.25, -0.2) is 0 Å². The molecule has 2 rings (SSSR count). The van der Waals surface area contributed by atoms with Crippen molar-refractivity contribution in [3.63, 3.8) is 0 Å². The number of hydrogen-bond donors (Lipinski definition) is 1. The Labute approximate surface area is 127 Å². The van der Waals surface area contributed by atoms with Gasteiger partial charge in [0, 0.05) is 16.6 Å². The number of halogens is 1. The van der Waals surface area contributed by atoms with Crippen molar-refractivity contribution in [3.05, 3.63) is 64.1 Å². The molecule has 0 saturated heterocycles. The van der Waals surface area contributed by atoms with Crippen molar-refractivity contribution >= 4 is 15.9 Å². The van der Waals surface area contributed by atoms with Crippen LogP contribution in [0.2, 0.25) is 0 Å². The van der Waals surface area contributed by atoms with Crippen molar-refractivity contribution < 1.29 is 9.47 Å². The van der Waals surface area contributed by atoms with Crippen LogP contribution < -0.4 is 10.5 Å². The minimum absolute atomic E-state index is 0.480. The molecule has 0 aliphatic carbocycles. The van der Waals surface area contributed by atoms with Crippen LogP contribution in [0.5, 0.6) is 5.75 Å².